The van der Waals surface area contributed by atoms with Gasteiger partial charge in [0.15, 0.2) is 0 Å². The summed E-state index contributed by atoms with van der Waals surface area (Å²) >= 11 is 0. The van der Waals surface area contributed by atoms with Crippen LogP contribution in [0, 0.1) is 5.41 Å². The minimum absolute atomic E-state index is 0.0870. The molecule has 0 bridgehead atoms. The molecule has 1 aliphatic heterocycles. The van der Waals surface area contributed by atoms with E-state index in [-0.39, 0.29) is 11.5 Å². The molecule has 16 heavy (non-hydrogen) atoms. The molecule has 3 heteroatoms. The van der Waals surface area contributed by atoms with Gasteiger partial charge in [0.2, 0.25) is 0 Å². The number of carboxylic acid groups (broad SMARTS) is 1. The zero-order valence-corrected chi connectivity index (χ0v) is 10.8. The molecule has 1 fully saturated rings. The number of unbranched alkanes of at least 4 members (excludes halogenated alkanes) is 2. The third kappa shape index (κ3) is 3.21. The monoisotopic (exact) mass is 227 g/mol. The highest BCUT2D eigenvalue weighted by Gasteiger charge is 2.41. The van der Waals surface area contributed by atoms with Crippen molar-refractivity contribution in [2.75, 3.05) is 13.1 Å². The number of hydrogen-bond donors (Lipinski definition) is 1. The fourth-order valence-corrected chi connectivity index (χ4v) is 2.79. The van der Waals surface area contributed by atoms with Crippen molar-refractivity contribution in [1.82, 2.24) is 4.90 Å². The first kappa shape index (κ1) is 13.5. The van der Waals surface area contributed by atoms with Crippen molar-refractivity contribution >= 4 is 5.97 Å². The second kappa shape index (κ2) is 5.67. The van der Waals surface area contributed by atoms with Crippen LogP contribution in [0.3, 0.4) is 0 Å². The van der Waals surface area contributed by atoms with Crippen LogP contribution in [0.25, 0.3) is 0 Å². The van der Waals surface area contributed by atoms with Crippen LogP contribution >= 0.6 is 0 Å². The highest BCUT2D eigenvalue weighted by molar-refractivity contribution is 5.74. The lowest BCUT2D eigenvalue weighted by atomic mass is 9.76. The summed E-state index contributed by atoms with van der Waals surface area (Å²) in [5, 5.41) is 9.36. The fraction of sp³-hybridized carbons (Fsp3) is 0.923. The van der Waals surface area contributed by atoms with Gasteiger partial charge >= 0.3 is 5.97 Å². The van der Waals surface area contributed by atoms with E-state index in [1.165, 1.54) is 12.8 Å². The Labute approximate surface area is 98.8 Å². The molecule has 1 rings (SSSR count). The first-order chi connectivity index (χ1) is 7.49. The van der Waals surface area contributed by atoms with Gasteiger partial charge in [-0.1, -0.05) is 33.6 Å². The standard InChI is InChI=1S/C13H25NO2/c1-4-5-6-9-14-10-7-8-13(2,3)11(14)12(15)16/h11H,4-10H2,1-3H3,(H,15,16). The summed E-state index contributed by atoms with van der Waals surface area (Å²) in [6.45, 7) is 8.22. The minimum Gasteiger partial charge on any atom is -0.480 e. The number of aliphatic carboxylic acids is 1. The second-order valence-corrected chi connectivity index (χ2v) is 5.58. The maximum absolute atomic E-state index is 11.4. The maximum atomic E-state index is 11.4. The van der Waals surface area contributed by atoms with Gasteiger partial charge in [-0.15, -0.1) is 0 Å². The Morgan fingerprint density at radius 3 is 2.69 bits per heavy atom. The van der Waals surface area contributed by atoms with Gasteiger partial charge < -0.3 is 5.11 Å². The first-order valence-electron chi connectivity index (χ1n) is 6.46. The van der Waals surface area contributed by atoms with Gasteiger partial charge in [0.05, 0.1) is 0 Å². The third-order valence-corrected chi connectivity index (χ3v) is 3.65. The summed E-state index contributed by atoms with van der Waals surface area (Å²) in [7, 11) is 0. The molecule has 1 atom stereocenters. The van der Waals surface area contributed by atoms with Crippen LogP contribution in [-0.2, 0) is 4.79 Å². The molecule has 0 amide bonds. The van der Waals surface area contributed by atoms with Crippen molar-refractivity contribution in [3.8, 4) is 0 Å². The number of nitrogens with zero attached hydrogens (tertiary/aromatic N) is 1. The Hall–Kier alpha value is -0.570. The van der Waals surface area contributed by atoms with E-state index in [0.29, 0.717) is 0 Å². The Bertz CT molecular complexity index is 238. The molecule has 1 aliphatic rings. The topological polar surface area (TPSA) is 40.5 Å². The minimum atomic E-state index is -0.652. The van der Waals surface area contributed by atoms with Crippen LogP contribution < -0.4 is 0 Å². The van der Waals surface area contributed by atoms with Gasteiger partial charge in [-0.05, 0) is 37.8 Å². The highest BCUT2D eigenvalue weighted by Crippen LogP contribution is 2.35. The van der Waals surface area contributed by atoms with Gasteiger partial charge in [-0.25, -0.2) is 0 Å². The van der Waals surface area contributed by atoms with E-state index in [2.05, 4.69) is 25.7 Å². The van der Waals surface area contributed by atoms with Crippen LogP contribution in [0.4, 0.5) is 0 Å². The summed E-state index contributed by atoms with van der Waals surface area (Å²) in [5.74, 6) is -0.652. The zero-order chi connectivity index (χ0) is 12.2. The smallest absolute Gasteiger partial charge is 0.321 e. The van der Waals surface area contributed by atoms with Crippen LogP contribution in [0.1, 0.15) is 52.9 Å². The summed E-state index contributed by atoms with van der Waals surface area (Å²) in [6, 6.07) is -0.293. The molecule has 0 aromatic rings. The van der Waals surface area contributed by atoms with E-state index in [4.69, 9.17) is 0 Å². The molecule has 1 saturated heterocycles. The molecule has 3 nitrogen and oxygen atoms in total. The van der Waals surface area contributed by atoms with Crippen LogP contribution in [0.5, 0.6) is 0 Å². The van der Waals surface area contributed by atoms with Crippen molar-refractivity contribution in [3.63, 3.8) is 0 Å². The van der Waals surface area contributed by atoms with Gasteiger partial charge in [0, 0.05) is 0 Å². The molecule has 0 aliphatic carbocycles. The Morgan fingerprint density at radius 1 is 1.44 bits per heavy atom. The highest BCUT2D eigenvalue weighted by atomic mass is 16.4. The van der Waals surface area contributed by atoms with E-state index < -0.39 is 5.97 Å². The van der Waals surface area contributed by atoms with Gasteiger partial charge in [-0.3, -0.25) is 9.69 Å². The van der Waals surface area contributed by atoms with Crippen molar-refractivity contribution in [3.05, 3.63) is 0 Å². The molecule has 1 unspecified atom stereocenters. The molecule has 1 N–H and O–H groups in total. The van der Waals surface area contributed by atoms with E-state index in [9.17, 15) is 9.90 Å². The van der Waals surface area contributed by atoms with Crippen LogP contribution in [-0.4, -0.2) is 35.1 Å². The van der Waals surface area contributed by atoms with Crippen LogP contribution in [0.2, 0.25) is 0 Å². The molecule has 0 saturated carbocycles. The predicted molar refractivity (Wildman–Crippen MR) is 65.5 cm³/mol. The zero-order valence-electron chi connectivity index (χ0n) is 10.8. The summed E-state index contributed by atoms with van der Waals surface area (Å²) in [6.07, 6.45) is 5.66. The Morgan fingerprint density at radius 2 is 2.12 bits per heavy atom. The number of piperidine rings is 1. The number of likely N-dealkylation sites (tertiary alicyclic amines) is 1. The molecular formula is C13H25NO2. The average molecular weight is 227 g/mol. The molecule has 0 spiro atoms. The molecule has 0 aromatic heterocycles. The average Bonchev–Trinajstić information content (AvgIpc) is 2.16. The van der Waals surface area contributed by atoms with E-state index in [1.807, 2.05) is 0 Å². The summed E-state index contributed by atoms with van der Waals surface area (Å²) in [4.78, 5) is 13.5. The largest absolute Gasteiger partial charge is 0.480 e. The lowest BCUT2D eigenvalue weighted by Crippen LogP contribution is -2.54. The summed E-state index contributed by atoms with van der Waals surface area (Å²) in [5.41, 5.74) is -0.0870. The summed E-state index contributed by atoms with van der Waals surface area (Å²) < 4.78 is 0. The first-order valence-corrected chi connectivity index (χ1v) is 6.46. The lowest BCUT2D eigenvalue weighted by Gasteiger charge is -2.44. The van der Waals surface area contributed by atoms with Gasteiger partial charge in [-0.2, -0.15) is 0 Å². The quantitative estimate of drug-likeness (QED) is 0.734. The second-order valence-electron chi connectivity index (χ2n) is 5.58. The van der Waals surface area contributed by atoms with Crippen LogP contribution in [0.15, 0.2) is 0 Å². The number of hydrogen-bond acceptors (Lipinski definition) is 2. The van der Waals surface area contributed by atoms with E-state index >= 15 is 0 Å². The fourth-order valence-electron chi connectivity index (χ4n) is 2.79. The predicted octanol–water partition coefficient (Wildman–Crippen LogP) is 2.75. The molecule has 94 valence electrons. The van der Waals surface area contributed by atoms with Gasteiger partial charge in [0.25, 0.3) is 0 Å². The van der Waals surface area contributed by atoms with Crippen molar-refractivity contribution < 1.29 is 9.90 Å². The normalized spacial score (nSPS) is 25.6. The Balaban J connectivity index is 2.62. The maximum Gasteiger partial charge on any atom is 0.321 e. The van der Waals surface area contributed by atoms with E-state index in [1.54, 1.807) is 0 Å². The van der Waals surface area contributed by atoms with Gasteiger partial charge in [0.1, 0.15) is 6.04 Å². The van der Waals surface area contributed by atoms with Crippen molar-refractivity contribution in [2.45, 2.75) is 58.9 Å². The lowest BCUT2D eigenvalue weighted by molar-refractivity contribution is -0.150. The number of carboxylic acids is 1. The molecule has 0 aromatic carbocycles. The van der Waals surface area contributed by atoms with Crippen molar-refractivity contribution in [2.24, 2.45) is 5.41 Å². The van der Waals surface area contributed by atoms with E-state index in [0.717, 1.165) is 32.4 Å². The number of carbonyl (C=O) groups is 1. The Kier molecular flexibility index (Phi) is 4.78. The van der Waals surface area contributed by atoms with Crippen molar-refractivity contribution in [1.29, 1.82) is 0 Å². The molecular weight excluding hydrogens is 202 g/mol. The molecule has 0 radical (unpaired) electrons. The molecule has 1 heterocycles. The third-order valence-electron chi connectivity index (χ3n) is 3.65. The number of rotatable bonds is 5. The SMILES string of the molecule is CCCCCN1CCCC(C)(C)C1C(=O)O.